The lowest BCUT2D eigenvalue weighted by atomic mass is 10.1. The number of nitrogens with one attached hydrogen (secondary N) is 1. The van der Waals surface area contributed by atoms with E-state index in [9.17, 15) is 0 Å². The van der Waals surface area contributed by atoms with Gasteiger partial charge in [-0.25, -0.2) is 0 Å². The van der Waals surface area contributed by atoms with Gasteiger partial charge in [0.05, 0.1) is 0 Å². The lowest BCUT2D eigenvalue weighted by molar-refractivity contribution is 0.159. The number of benzene rings is 1. The molecule has 1 N–H and O–H groups in total. The maximum absolute atomic E-state index is 5.42. The molecule has 2 aromatic rings. The van der Waals surface area contributed by atoms with E-state index in [0.717, 1.165) is 17.9 Å². The van der Waals surface area contributed by atoms with Gasteiger partial charge in [0.15, 0.2) is 10.6 Å². The standard InChI is InChI=1S/C16H22N4S/c1-13(19-10-6-3-7-11-19)12-20-15(17-18-16(20)21)14-8-4-2-5-9-14/h2,4-5,8-9,13H,3,6-7,10-12H2,1H3,(H,18,21). The Morgan fingerprint density at radius 2 is 1.90 bits per heavy atom. The number of nitrogens with zero attached hydrogens (tertiary/aromatic N) is 3. The number of H-pyrrole nitrogens is 1. The number of rotatable bonds is 4. The van der Waals surface area contributed by atoms with E-state index >= 15 is 0 Å². The minimum Gasteiger partial charge on any atom is -0.299 e. The highest BCUT2D eigenvalue weighted by atomic mass is 32.1. The van der Waals surface area contributed by atoms with Crippen LogP contribution in [0.5, 0.6) is 0 Å². The second kappa shape index (κ2) is 6.54. The Morgan fingerprint density at radius 3 is 2.62 bits per heavy atom. The Hall–Kier alpha value is -1.46. The molecular formula is C16H22N4S. The highest BCUT2D eigenvalue weighted by Crippen LogP contribution is 2.19. The maximum Gasteiger partial charge on any atom is 0.195 e. The van der Waals surface area contributed by atoms with Gasteiger partial charge in [0.1, 0.15) is 0 Å². The molecule has 1 unspecified atom stereocenters. The average Bonchev–Trinajstić information content (AvgIpc) is 2.90. The number of hydrogen-bond donors (Lipinski definition) is 1. The Labute approximate surface area is 130 Å². The molecule has 1 aromatic heterocycles. The van der Waals surface area contributed by atoms with Gasteiger partial charge in [-0.1, -0.05) is 36.8 Å². The van der Waals surface area contributed by atoms with Crippen LogP contribution in [0, 0.1) is 4.77 Å². The lowest BCUT2D eigenvalue weighted by Gasteiger charge is -2.32. The first-order chi connectivity index (χ1) is 10.3. The van der Waals surface area contributed by atoms with Crippen molar-refractivity contribution >= 4 is 12.2 Å². The predicted octanol–water partition coefficient (Wildman–Crippen LogP) is 3.48. The van der Waals surface area contributed by atoms with Crippen LogP contribution in [0.2, 0.25) is 0 Å². The average molecular weight is 302 g/mol. The monoisotopic (exact) mass is 302 g/mol. The van der Waals surface area contributed by atoms with Gasteiger partial charge < -0.3 is 0 Å². The van der Waals surface area contributed by atoms with E-state index in [1.807, 2.05) is 18.2 Å². The van der Waals surface area contributed by atoms with E-state index in [1.165, 1.54) is 32.4 Å². The molecule has 4 nitrogen and oxygen atoms in total. The normalized spacial score (nSPS) is 17.8. The van der Waals surface area contributed by atoms with Crippen molar-refractivity contribution in [3.8, 4) is 11.4 Å². The quantitative estimate of drug-likeness (QED) is 0.879. The fourth-order valence-electron chi connectivity index (χ4n) is 3.03. The van der Waals surface area contributed by atoms with Crippen LogP contribution in [0.15, 0.2) is 30.3 Å². The number of piperidine rings is 1. The summed E-state index contributed by atoms with van der Waals surface area (Å²) in [5.74, 6) is 0.935. The minimum atomic E-state index is 0.483. The van der Waals surface area contributed by atoms with Crippen LogP contribution in [0.25, 0.3) is 11.4 Å². The van der Waals surface area contributed by atoms with Crippen molar-refractivity contribution in [1.82, 2.24) is 19.7 Å². The molecule has 0 aliphatic carbocycles. The summed E-state index contributed by atoms with van der Waals surface area (Å²) in [5.41, 5.74) is 1.11. The van der Waals surface area contributed by atoms with Crippen molar-refractivity contribution in [1.29, 1.82) is 0 Å². The van der Waals surface area contributed by atoms with E-state index in [2.05, 4.69) is 38.7 Å². The van der Waals surface area contributed by atoms with Crippen molar-refractivity contribution in [3.05, 3.63) is 35.1 Å². The lowest BCUT2D eigenvalue weighted by Crippen LogP contribution is -2.39. The molecule has 1 saturated heterocycles. The Bertz CT molecular complexity index is 625. The molecule has 3 rings (SSSR count). The van der Waals surface area contributed by atoms with Gasteiger partial charge in [0.2, 0.25) is 0 Å². The topological polar surface area (TPSA) is 36.9 Å². The summed E-state index contributed by atoms with van der Waals surface area (Å²) in [6.45, 7) is 5.58. The molecular weight excluding hydrogens is 280 g/mol. The highest BCUT2D eigenvalue weighted by Gasteiger charge is 2.19. The van der Waals surface area contributed by atoms with Gasteiger partial charge in [-0.2, -0.15) is 5.10 Å². The van der Waals surface area contributed by atoms with E-state index in [-0.39, 0.29) is 0 Å². The van der Waals surface area contributed by atoms with Crippen molar-refractivity contribution in [2.45, 2.75) is 38.8 Å². The number of likely N-dealkylation sites (tertiary alicyclic amines) is 1. The van der Waals surface area contributed by atoms with Gasteiger partial charge in [-0.3, -0.25) is 14.6 Å². The molecule has 1 aliphatic rings. The van der Waals surface area contributed by atoms with Crippen molar-refractivity contribution in [3.63, 3.8) is 0 Å². The van der Waals surface area contributed by atoms with E-state index in [1.54, 1.807) is 0 Å². The summed E-state index contributed by atoms with van der Waals surface area (Å²) in [5, 5.41) is 7.35. The first-order valence-corrected chi connectivity index (χ1v) is 8.11. The molecule has 112 valence electrons. The first kappa shape index (κ1) is 14.5. The molecule has 2 heterocycles. The molecule has 1 aliphatic heterocycles. The van der Waals surface area contributed by atoms with E-state index in [4.69, 9.17) is 12.2 Å². The summed E-state index contributed by atoms with van der Waals surface area (Å²) in [6, 6.07) is 10.7. The SMILES string of the molecule is CC(Cn1c(-c2ccccc2)n[nH]c1=S)N1CCCCC1. The van der Waals surface area contributed by atoms with Crippen LogP contribution >= 0.6 is 12.2 Å². The molecule has 5 heteroatoms. The number of aromatic amines is 1. The molecule has 0 spiro atoms. The van der Waals surface area contributed by atoms with Gasteiger partial charge in [0, 0.05) is 18.2 Å². The van der Waals surface area contributed by atoms with Crippen LogP contribution in [0.1, 0.15) is 26.2 Å². The van der Waals surface area contributed by atoms with Gasteiger partial charge in [-0.15, -0.1) is 0 Å². The van der Waals surface area contributed by atoms with E-state index < -0.39 is 0 Å². The minimum absolute atomic E-state index is 0.483. The summed E-state index contributed by atoms with van der Waals surface area (Å²) in [6.07, 6.45) is 3.99. The predicted molar refractivity (Wildman–Crippen MR) is 87.7 cm³/mol. The van der Waals surface area contributed by atoms with Crippen LogP contribution in [0.3, 0.4) is 0 Å². The summed E-state index contributed by atoms with van der Waals surface area (Å²) in [7, 11) is 0. The third-order valence-electron chi connectivity index (χ3n) is 4.25. The van der Waals surface area contributed by atoms with Gasteiger partial charge in [0.25, 0.3) is 0 Å². The Kier molecular flexibility index (Phi) is 4.51. The van der Waals surface area contributed by atoms with Crippen LogP contribution in [-0.2, 0) is 6.54 Å². The zero-order valence-corrected chi connectivity index (χ0v) is 13.3. The van der Waals surface area contributed by atoms with Crippen LogP contribution < -0.4 is 0 Å². The molecule has 1 fully saturated rings. The second-order valence-corrected chi connectivity index (χ2v) is 6.16. The largest absolute Gasteiger partial charge is 0.299 e. The molecule has 0 radical (unpaired) electrons. The number of hydrogen-bond acceptors (Lipinski definition) is 3. The molecule has 0 amide bonds. The summed E-state index contributed by atoms with van der Waals surface area (Å²) >= 11 is 5.42. The third-order valence-corrected chi connectivity index (χ3v) is 4.56. The third kappa shape index (κ3) is 3.24. The molecule has 1 atom stereocenters. The number of aromatic nitrogens is 3. The maximum atomic E-state index is 5.42. The molecule has 1 aromatic carbocycles. The summed E-state index contributed by atoms with van der Waals surface area (Å²) < 4.78 is 2.84. The Balaban J connectivity index is 1.82. The van der Waals surface area contributed by atoms with Gasteiger partial charge >= 0.3 is 0 Å². The van der Waals surface area contributed by atoms with Crippen LogP contribution in [-0.4, -0.2) is 38.8 Å². The highest BCUT2D eigenvalue weighted by molar-refractivity contribution is 7.71. The smallest absolute Gasteiger partial charge is 0.195 e. The van der Waals surface area contributed by atoms with Gasteiger partial charge in [-0.05, 0) is 45.1 Å². The zero-order valence-electron chi connectivity index (χ0n) is 12.5. The fraction of sp³-hybridized carbons (Fsp3) is 0.500. The second-order valence-electron chi connectivity index (χ2n) is 5.77. The molecule has 0 bridgehead atoms. The fourth-order valence-corrected chi connectivity index (χ4v) is 3.24. The Morgan fingerprint density at radius 1 is 1.19 bits per heavy atom. The zero-order chi connectivity index (χ0) is 14.7. The van der Waals surface area contributed by atoms with Crippen molar-refractivity contribution in [2.24, 2.45) is 0 Å². The van der Waals surface area contributed by atoms with E-state index in [0.29, 0.717) is 10.8 Å². The van der Waals surface area contributed by atoms with Crippen molar-refractivity contribution in [2.75, 3.05) is 13.1 Å². The van der Waals surface area contributed by atoms with Crippen molar-refractivity contribution < 1.29 is 0 Å². The summed E-state index contributed by atoms with van der Waals surface area (Å²) in [4.78, 5) is 2.56. The molecule has 0 saturated carbocycles. The van der Waals surface area contributed by atoms with Crippen LogP contribution in [0.4, 0.5) is 0 Å². The molecule has 21 heavy (non-hydrogen) atoms. The first-order valence-electron chi connectivity index (χ1n) is 7.70.